The summed E-state index contributed by atoms with van der Waals surface area (Å²) in [7, 11) is 0. The quantitative estimate of drug-likeness (QED) is 0.718. The molecular formula is C22H28N4O3. The average molecular weight is 396 g/mol. The maximum absolute atomic E-state index is 12.8. The number of nitrogens with zero attached hydrogens (tertiary/aromatic N) is 2. The molecule has 2 aromatic rings. The molecule has 3 amide bonds. The van der Waals surface area contributed by atoms with Gasteiger partial charge in [-0.25, -0.2) is 4.98 Å². The van der Waals surface area contributed by atoms with E-state index in [4.69, 9.17) is 0 Å². The van der Waals surface area contributed by atoms with Crippen molar-refractivity contribution in [2.45, 2.75) is 45.7 Å². The molecule has 0 atom stereocenters. The molecule has 0 radical (unpaired) electrons. The Bertz CT molecular complexity index is 817. The molecule has 29 heavy (non-hydrogen) atoms. The van der Waals surface area contributed by atoms with Gasteiger partial charge < -0.3 is 15.5 Å². The van der Waals surface area contributed by atoms with E-state index in [1.807, 2.05) is 51.1 Å². The first-order valence-electron chi connectivity index (χ1n) is 9.56. The third-order valence-corrected chi connectivity index (χ3v) is 3.92. The van der Waals surface area contributed by atoms with E-state index < -0.39 is 0 Å². The lowest BCUT2D eigenvalue weighted by atomic mass is 10.1. The molecule has 1 heterocycles. The molecule has 2 rings (SSSR count). The standard InChI is InChI=1S/C22H28N4O3/c1-22(2,3)25-20(28)16-26(15-17-9-5-4-6-10-17)21(29)13-12-19(27)24-18-11-7-8-14-23-18/h4-11,14H,12-13,15-16H2,1-3H3,(H,25,28)(H,23,24,27). The summed E-state index contributed by atoms with van der Waals surface area (Å²) in [6.07, 6.45) is 1.60. The van der Waals surface area contributed by atoms with Crippen LogP contribution in [0.3, 0.4) is 0 Å². The number of hydrogen-bond donors (Lipinski definition) is 2. The first-order chi connectivity index (χ1) is 13.7. The smallest absolute Gasteiger partial charge is 0.240 e. The van der Waals surface area contributed by atoms with Gasteiger partial charge in [0.25, 0.3) is 0 Å². The molecule has 1 aromatic carbocycles. The molecular weight excluding hydrogens is 368 g/mol. The normalized spacial score (nSPS) is 10.9. The second-order valence-corrected chi connectivity index (χ2v) is 7.80. The number of amides is 3. The van der Waals surface area contributed by atoms with E-state index in [1.165, 1.54) is 4.90 Å². The van der Waals surface area contributed by atoms with E-state index >= 15 is 0 Å². The minimum absolute atomic E-state index is 0.00823. The highest BCUT2D eigenvalue weighted by Crippen LogP contribution is 2.09. The van der Waals surface area contributed by atoms with Crippen LogP contribution in [0.1, 0.15) is 39.2 Å². The second-order valence-electron chi connectivity index (χ2n) is 7.80. The van der Waals surface area contributed by atoms with Gasteiger partial charge in [0, 0.05) is 31.1 Å². The zero-order valence-electron chi connectivity index (χ0n) is 17.1. The van der Waals surface area contributed by atoms with Gasteiger partial charge >= 0.3 is 0 Å². The van der Waals surface area contributed by atoms with Crippen molar-refractivity contribution in [1.82, 2.24) is 15.2 Å². The third kappa shape index (κ3) is 8.55. The first-order valence-corrected chi connectivity index (χ1v) is 9.56. The van der Waals surface area contributed by atoms with Crippen molar-refractivity contribution in [2.75, 3.05) is 11.9 Å². The molecule has 0 aliphatic carbocycles. The number of benzene rings is 1. The minimum atomic E-state index is -0.388. The van der Waals surface area contributed by atoms with Crippen molar-refractivity contribution < 1.29 is 14.4 Å². The Morgan fingerprint density at radius 3 is 2.24 bits per heavy atom. The van der Waals surface area contributed by atoms with Gasteiger partial charge in [0.15, 0.2) is 0 Å². The topological polar surface area (TPSA) is 91.4 Å². The molecule has 154 valence electrons. The highest BCUT2D eigenvalue weighted by atomic mass is 16.2. The van der Waals surface area contributed by atoms with Crippen molar-refractivity contribution in [3.05, 3.63) is 60.3 Å². The Kier molecular flexibility index (Phi) is 7.88. The Morgan fingerprint density at radius 2 is 1.62 bits per heavy atom. The Labute approximate surface area is 171 Å². The number of hydrogen-bond acceptors (Lipinski definition) is 4. The van der Waals surface area contributed by atoms with Gasteiger partial charge in [-0.3, -0.25) is 14.4 Å². The monoisotopic (exact) mass is 396 g/mol. The van der Waals surface area contributed by atoms with Gasteiger partial charge in [0.05, 0.1) is 6.54 Å². The third-order valence-electron chi connectivity index (χ3n) is 3.92. The van der Waals surface area contributed by atoms with Crippen LogP contribution in [-0.4, -0.2) is 39.7 Å². The molecule has 0 spiro atoms. The van der Waals surface area contributed by atoms with E-state index in [-0.39, 0.29) is 42.6 Å². The lowest BCUT2D eigenvalue weighted by Crippen LogP contribution is -2.47. The van der Waals surface area contributed by atoms with Crippen LogP contribution in [0.25, 0.3) is 0 Å². The number of carbonyl (C=O) groups is 3. The Hall–Kier alpha value is -3.22. The maximum atomic E-state index is 12.8. The van der Waals surface area contributed by atoms with Crippen LogP contribution in [0.5, 0.6) is 0 Å². The number of rotatable bonds is 8. The van der Waals surface area contributed by atoms with Crippen LogP contribution in [0, 0.1) is 0 Å². The summed E-state index contributed by atoms with van der Waals surface area (Å²) in [4.78, 5) is 42.7. The molecule has 0 saturated carbocycles. The highest BCUT2D eigenvalue weighted by molar-refractivity contribution is 5.93. The summed E-state index contributed by atoms with van der Waals surface area (Å²) < 4.78 is 0. The molecule has 7 heteroatoms. The Morgan fingerprint density at radius 1 is 0.931 bits per heavy atom. The largest absolute Gasteiger partial charge is 0.350 e. The fourth-order valence-corrected chi connectivity index (χ4v) is 2.69. The zero-order valence-corrected chi connectivity index (χ0v) is 17.1. The minimum Gasteiger partial charge on any atom is -0.350 e. The number of aromatic nitrogens is 1. The highest BCUT2D eigenvalue weighted by Gasteiger charge is 2.21. The van der Waals surface area contributed by atoms with Crippen LogP contribution < -0.4 is 10.6 Å². The summed E-state index contributed by atoms with van der Waals surface area (Å²) in [5.74, 6) is -0.347. The molecule has 0 bridgehead atoms. The number of pyridine rings is 1. The predicted octanol–water partition coefficient (Wildman–Crippen LogP) is 2.74. The van der Waals surface area contributed by atoms with Crippen molar-refractivity contribution in [3.63, 3.8) is 0 Å². The molecule has 2 N–H and O–H groups in total. The Balaban J connectivity index is 1.97. The first kappa shape index (κ1) is 22.1. The second kappa shape index (κ2) is 10.4. The summed E-state index contributed by atoms with van der Waals surface area (Å²) >= 11 is 0. The van der Waals surface area contributed by atoms with E-state index in [1.54, 1.807) is 24.4 Å². The fraction of sp³-hybridized carbons (Fsp3) is 0.364. The van der Waals surface area contributed by atoms with Gasteiger partial charge in [0.2, 0.25) is 17.7 Å². The van der Waals surface area contributed by atoms with Crippen LogP contribution in [-0.2, 0) is 20.9 Å². The molecule has 0 fully saturated rings. The molecule has 0 aliphatic rings. The summed E-state index contributed by atoms with van der Waals surface area (Å²) in [5.41, 5.74) is 0.531. The molecule has 1 aromatic heterocycles. The van der Waals surface area contributed by atoms with Crippen molar-refractivity contribution in [2.24, 2.45) is 0 Å². The van der Waals surface area contributed by atoms with Crippen LogP contribution in [0.15, 0.2) is 54.7 Å². The summed E-state index contributed by atoms with van der Waals surface area (Å²) in [6.45, 7) is 5.90. The van der Waals surface area contributed by atoms with Gasteiger partial charge in [-0.15, -0.1) is 0 Å². The number of carbonyl (C=O) groups excluding carboxylic acids is 3. The SMILES string of the molecule is CC(C)(C)NC(=O)CN(Cc1ccccc1)C(=O)CCC(=O)Nc1ccccn1. The van der Waals surface area contributed by atoms with Crippen molar-refractivity contribution in [1.29, 1.82) is 0 Å². The molecule has 7 nitrogen and oxygen atoms in total. The van der Waals surface area contributed by atoms with E-state index in [9.17, 15) is 14.4 Å². The van der Waals surface area contributed by atoms with Crippen molar-refractivity contribution in [3.8, 4) is 0 Å². The van der Waals surface area contributed by atoms with Gasteiger partial charge in [0.1, 0.15) is 5.82 Å². The molecule has 0 unspecified atom stereocenters. The van der Waals surface area contributed by atoms with E-state index in [0.29, 0.717) is 12.4 Å². The number of anilines is 1. The van der Waals surface area contributed by atoms with Gasteiger partial charge in [-0.2, -0.15) is 0 Å². The number of nitrogens with one attached hydrogen (secondary N) is 2. The van der Waals surface area contributed by atoms with E-state index in [2.05, 4.69) is 15.6 Å². The van der Waals surface area contributed by atoms with Crippen molar-refractivity contribution >= 4 is 23.5 Å². The molecule has 0 saturated heterocycles. The maximum Gasteiger partial charge on any atom is 0.240 e. The van der Waals surface area contributed by atoms with Gasteiger partial charge in [-0.05, 0) is 38.5 Å². The van der Waals surface area contributed by atoms with Crippen LogP contribution >= 0.6 is 0 Å². The molecule has 0 aliphatic heterocycles. The fourth-order valence-electron chi connectivity index (χ4n) is 2.69. The zero-order chi connectivity index (χ0) is 21.3. The average Bonchev–Trinajstić information content (AvgIpc) is 2.66. The van der Waals surface area contributed by atoms with E-state index in [0.717, 1.165) is 5.56 Å². The predicted molar refractivity (Wildman–Crippen MR) is 112 cm³/mol. The van der Waals surface area contributed by atoms with Crippen LogP contribution in [0.4, 0.5) is 5.82 Å². The summed E-state index contributed by atoms with van der Waals surface area (Å²) in [5, 5.41) is 5.53. The summed E-state index contributed by atoms with van der Waals surface area (Å²) in [6, 6.07) is 14.7. The lowest BCUT2D eigenvalue weighted by molar-refractivity contribution is -0.137. The lowest BCUT2D eigenvalue weighted by Gasteiger charge is -2.26. The van der Waals surface area contributed by atoms with Gasteiger partial charge in [-0.1, -0.05) is 36.4 Å². The van der Waals surface area contributed by atoms with Crippen LogP contribution in [0.2, 0.25) is 0 Å².